The molecule has 2 N–H and O–H groups in total. The minimum absolute atomic E-state index is 0.299. The van der Waals surface area contributed by atoms with Crippen LogP contribution in [0.1, 0.15) is 0 Å². The second-order valence-electron chi connectivity index (χ2n) is 7.15. The van der Waals surface area contributed by atoms with E-state index in [-0.39, 0.29) is 0 Å². The van der Waals surface area contributed by atoms with Crippen molar-refractivity contribution in [2.24, 2.45) is 0 Å². The van der Waals surface area contributed by atoms with Gasteiger partial charge in [-0.2, -0.15) is 0 Å². The zero-order valence-electron chi connectivity index (χ0n) is 14.8. The Bertz CT molecular complexity index is 314. The fraction of sp³-hybridized carbons (Fsp3) is 0.857. The fourth-order valence-corrected chi connectivity index (χ4v) is 1.26. The third-order valence-corrected chi connectivity index (χ3v) is 2.65. The maximum atomic E-state index is 11.4. The van der Waals surface area contributed by atoms with Crippen molar-refractivity contribution >= 4 is 12.2 Å². The van der Waals surface area contributed by atoms with Gasteiger partial charge < -0.3 is 29.1 Å². The average molecular weight is 320 g/mol. The number of hydrogen-bond donors (Lipinski definition) is 2. The SMILES string of the molecule is C[N+](C)(C)CCOC(=O)NCCNC(=O)OCC[N+](C)(C)C. The molecule has 0 aromatic carbocycles. The van der Waals surface area contributed by atoms with Crippen molar-refractivity contribution < 1.29 is 28.0 Å². The summed E-state index contributed by atoms with van der Waals surface area (Å²) >= 11 is 0. The lowest BCUT2D eigenvalue weighted by Gasteiger charge is -2.23. The molecule has 0 aromatic heterocycles. The second-order valence-corrected chi connectivity index (χ2v) is 7.15. The summed E-state index contributed by atoms with van der Waals surface area (Å²) in [6.07, 6.45) is -0.956. The molecule has 0 aromatic rings. The Morgan fingerprint density at radius 3 is 1.32 bits per heavy atom. The minimum Gasteiger partial charge on any atom is -0.444 e. The number of carbonyl (C=O) groups excluding carboxylic acids is 2. The molecule has 0 heterocycles. The highest BCUT2D eigenvalue weighted by Gasteiger charge is 2.10. The number of carbonyl (C=O) groups is 2. The van der Waals surface area contributed by atoms with Crippen LogP contribution >= 0.6 is 0 Å². The van der Waals surface area contributed by atoms with E-state index in [1.807, 2.05) is 42.3 Å². The van der Waals surface area contributed by atoms with Crippen molar-refractivity contribution in [3.8, 4) is 0 Å². The summed E-state index contributed by atoms with van der Waals surface area (Å²) in [6, 6.07) is 0. The van der Waals surface area contributed by atoms with E-state index >= 15 is 0 Å². The fourth-order valence-electron chi connectivity index (χ4n) is 1.26. The van der Waals surface area contributed by atoms with E-state index in [4.69, 9.17) is 9.47 Å². The summed E-state index contributed by atoms with van der Waals surface area (Å²) in [5.74, 6) is 0. The number of nitrogens with zero attached hydrogens (tertiary/aromatic N) is 2. The van der Waals surface area contributed by atoms with Crippen LogP contribution in [0.3, 0.4) is 0 Å². The summed E-state index contributed by atoms with van der Waals surface area (Å²) in [5, 5.41) is 5.13. The molecule has 0 saturated carbocycles. The monoisotopic (exact) mass is 320 g/mol. The normalized spacial score (nSPS) is 11.7. The molecule has 8 nitrogen and oxygen atoms in total. The Labute approximate surface area is 133 Å². The van der Waals surface area contributed by atoms with Crippen LogP contribution in [0.5, 0.6) is 0 Å². The van der Waals surface area contributed by atoms with Crippen LogP contribution in [0.15, 0.2) is 0 Å². The third-order valence-electron chi connectivity index (χ3n) is 2.65. The van der Waals surface area contributed by atoms with Crippen LogP contribution in [0.25, 0.3) is 0 Å². The Morgan fingerprint density at radius 2 is 1.05 bits per heavy atom. The topological polar surface area (TPSA) is 76.7 Å². The summed E-state index contributed by atoms with van der Waals surface area (Å²) < 4.78 is 11.5. The number of amides is 2. The maximum Gasteiger partial charge on any atom is 0.407 e. The van der Waals surface area contributed by atoms with Crippen molar-refractivity contribution in [1.29, 1.82) is 0 Å². The van der Waals surface area contributed by atoms with Gasteiger partial charge in [0.25, 0.3) is 0 Å². The standard InChI is InChI=1S/C14H30N4O4/c1-17(2,3)9-11-21-13(19)15-7-8-16-14(20)22-12-10-18(4,5)6/h7-12H2,1-6H3/p+2. The highest BCUT2D eigenvalue weighted by molar-refractivity contribution is 5.68. The van der Waals surface area contributed by atoms with E-state index < -0.39 is 12.2 Å². The van der Waals surface area contributed by atoms with Gasteiger partial charge in [-0.1, -0.05) is 0 Å². The first-order valence-corrected chi connectivity index (χ1v) is 7.42. The Hall–Kier alpha value is -1.54. The largest absolute Gasteiger partial charge is 0.444 e. The molecule has 0 fully saturated rings. The molecule has 0 atom stereocenters. The van der Waals surface area contributed by atoms with Gasteiger partial charge in [-0.3, -0.25) is 0 Å². The number of rotatable bonds is 9. The number of nitrogens with one attached hydrogen (secondary N) is 2. The molecular weight excluding hydrogens is 288 g/mol. The summed E-state index contributed by atoms with van der Waals surface area (Å²) in [6.45, 7) is 2.79. The van der Waals surface area contributed by atoms with Crippen molar-refractivity contribution in [3.63, 3.8) is 0 Å². The van der Waals surface area contributed by atoms with Crippen molar-refractivity contribution in [1.82, 2.24) is 10.6 Å². The molecule has 0 aliphatic rings. The van der Waals surface area contributed by atoms with Crippen LogP contribution in [-0.4, -0.2) is 103 Å². The van der Waals surface area contributed by atoms with Crippen LogP contribution in [0.4, 0.5) is 9.59 Å². The summed E-state index contributed by atoms with van der Waals surface area (Å²) in [7, 11) is 12.1. The number of likely N-dealkylation sites (N-methyl/N-ethyl adjacent to an activating group) is 2. The zero-order valence-corrected chi connectivity index (χ0v) is 14.8. The van der Waals surface area contributed by atoms with E-state index in [1.54, 1.807) is 0 Å². The van der Waals surface area contributed by atoms with Crippen LogP contribution in [0, 0.1) is 0 Å². The maximum absolute atomic E-state index is 11.4. The highest BCUT2D eigenvalue weighted by atomic mass is 16.6. The molecule has 0 saturated heterocycles. The lowest BCUT2D eigenvalue weighted by molar-refractivity contribution is -0.870. The molecule has 0 aliphatic carbocycles. The van der Waals surface area contributed by atoms with Crippen molar-refractivity contribution in [2.75, 3.05) is 81.7 Å². The van der Waals surface area contributed by atoms with E-state index in [0.29, 0.717) is 26.3 Å². The predicted octanol–water partition coefficient (Wildman–Crippen LogP) is -0.149. The van der Waals surface area contributed by atoms with Gasteiger partial charge in [-0.25, -0.2) is 9.59 Å². The van der Waals surface area contributed by atoms with Crippen molar-refractivity contribution in [3.05, 3.63) is 0 Å². The van der Waals surface area contributed by atoms with E-state index in [9.17, 15) is 9.59 Å². The molecule has 0 radical (unpaired) electrons. The highest BCUT2D eigenvalue weighted by Crippen LogP contribution is 1.90. The van der Waals surface area contributed by atoms with Gasteiger partial charge >= 0.3 is 12.2 Å². The van der Waals surface area contributed by atoms with Gasteiger partial charge in [0, 0.05) is 13.1 Å². The van der Waals surface area contributed by atoms with Crippen molar-refractivity contribution in [2.45, 2.75) is 0 Å². The Balaban J connectivity index is 3.55. The smallest absolute Gasteiger partial charge is 0.407 e. The molecule has 0 bridgehead atoms. The van der Waals surface area contributed by atoms with E-state index in [2.05, 4.69) is 10.6 Å². The number of alkyl carbamates (subject to hydrolysis) is 2. The first-order valence-electron chi connectivity index (χ1n) is 7.42. The molecule has 0 unspecified atom stereocenters. The Morgan fingerprint density at radius 1 is 0.727 bits per heavy atom. The average Bonchev–Trinajstić information content (AvgIpc) is 2.31. The van der Waals surface area contributed by atoms with Gasteiger partial charge in [0.05, 0.1) is 42.3 Å². The lowest BCUT2D eigenvalue weighted by Crippen LogP contribution is -2.40. The number of hydrogen-bond acceptors (Lipinski definition) is 4. The van der Waals surface area contributed by atoms with Crippen LogP contribution in [0.2, 0.25) is 0 Å². The molecular formula is C14H32N4O4+2. The second kappa shape index (κ2) is 9.47. The minimum atomic E-state index is -0.478. The molecule has 130 valence electrons. The van der Waals surface area contributed by atoms with Gasteiger partial charge in [-0.15, -0.1) is 0 Å². The molecule has 0 spiro atoms. The van der Waals surface area contributed by atoms with Gasteiger partial charge in [0.1, 0.15) is 26.3 Å². The summed E-state index contributed by atoms with van der Waals surface area (Å²) in [5.41, 5.74) is 0. The van der Waals surface area contributed by atoms with Crippen LogP contribution < -0.4 is 10.6 Å². The van der Waals surface area contributed by atoms with E-state index in [1.165, 1.54) is 0 Å². The molecule has 2 amide bonds. The quantitative estimate of drug-likeness (QED) is 0.458. The van der Waals surface area contributed by atoms with Gasteiger partial charge in [0.2, 0.25) is 0 Å². The zero-order chi connectivity index (χ0) is 17.2. The first kappa shape index (κ1) is 20.5. The third kappa shape index (κ3) is 14.9. The molecule has 22 heavy (non-hydrogen) atoms. The van der Waals surface area contributed by atoms with E-state index in [0.717, 1.165) is 22.1 Å². The molecule has 8 heteroatoms. The molecule has 0 rings (SSSR count). The van der Waals surface area contributed by atoms with Crippen LogP contribution in [-0.2, 0) is 9.47 Å². The molecule has 0 aliphatic heterocycles. The lowest BCUT2D eigenvalue weighted by atomic mass is 10.5. The van der Waals surface area contributed by atoms with Gasteiger partial charge in [-0.05, 0) is 0 Å². The number of ether oxygens (including phenoxy) is 2. The first-order chi connectivity index (χ1) is 9.99. The summed E-state index contributed by atoms with van der Waals surface area (Å²) in [4.78, 5) is 22.7. The number of quaternary nitrogens is 2. The predicted molar refractivity (Wildman–Crippen MR) is 84.5 cm³/mol. The van der Waals surface area contributed by atoms with Gasteiger partial charge in [0.15, 0.2) is 0 Å². The Kier molecular flexibility index (Phi) is 8.81.